The third-order valence-electron chi connectivity index (χ3n) is 2.85. The van der Waals surface area contributed by atoms with Gasteiger partial charge in [-0.05, 0) is 24.1 Å². The quantitative estimate of drug-likeness (QED) is 0.582. The van der Waals surface area contributed by atoms with Crippen LogP contribution in [0, 0.1) is 0 Å². The van der Waals surface area contributed by atoms with E-state index in [2.05, 4.69) is 10.4 Å². The van der Waals surface area contributed by atoms with Crippen LogP contribution in [-0.2, 0) is 6.42 Å². The highest BCUT2D eigenvalue weighted by Crippen LogP contribution is 2.25. The van der Waals surface area contributed by atoms with Crippen molar-refractivity contribution in [1.82, 2.24) is 10.4 Å². The van der Waals surface area contributed by atoms with Crippen LogP contribution in [0.2, 0.25) is 5.02 Å². The maximum Gasteiger partial charge on any atom is 0.0536 e. The largest absolute Gasteiger partial charge is 0.398 e. The lowest BCUT2D eigenvalue weighted by Crippen LogP contribution is -2.30. The Kier molecular flexibility index (Phi) is 4.15. The van der Waals surface area contributed by atoms with Crippen molar-refractivity contribution in [2.45, 2.75) is 12.5 Å². The van der Waals surface area contributed by atoms with Crippen molar-refractivity contribution in [3.63, 3.8) is 0 Å². The summed E-state index contributed by atoms with van der Waals surface area (Å²) in [6.45, 7) is 0. The van der Waals surface area contributed by atoms with Gasteiger partial charge < -0.3 is 5.73 Å². The molecule has 0 fully saturated rings. The van der Waals surface area contributed by atoms with E-state index in [0.29, 0.717) is 12.1 Å². The second-order valence-electron chi connectivity index (χ2n) is 4.02. The molecule has 0 spiro atoms. The first-order valence-corrected chi connectivity index (χ1v) is 5.99. The summed E-state index contributed by atoms with van der Waals surface area (Å²) in [6.07, 6.45) is 4.03. The molecule has 1 aromatic carbocycles. The Labute approximate surface area is 111 Å². The zero-order chi connectivity index (χ0) is 13.0. The lowest BCUT2D eigenvalue weighted by atomic mass is 9.99. The van der Waals surface area contributed by atoms with Gasteiger partial charge in [-0.25, -0.2) is 0 Å². The van der Waals surface area contributed by atoms with E-state index in [-0.39, 0.29) is 6.04 Å². The lowest BCUT2D eigenvalue weighted by Gasteiger charge is -2.18. The minimum atomic E-state index is -0.112. The molecule has 0 aliphatic heterocycles. The number of halogens is 1. The van der Waals surface area contributed by atoms with Gasteiger partial charge in [0, 0.05) is 28.7 Å². The monoisotopic (exact) mass is 262 g/mol. The molecule has 0 radical (unpaired) electrons. The van der Waals surface area contributed by atoms with E-state index in [9.17, 15) is 0 Å². The number of hydrogen-bond donors (Lipinski definition) is 3. The molecule has 0 saturated carbocycles. The van der Waals surface area contributed by atoms with Crippen LogP contribution in [0.5, 0.6) is 0 Å². The molecule has 5 N–H and O–H groups in total. The van der Waals surface area contributed by atoms with Crippen molar-refractivity contribution in [2.24, 2.45) is 5.84 Å². The normalized spacial score (nSPS) is 12.3. The highest BCUT2D eigenvalue weighted by molar-refractivity contribution is 6.31. The first kappa shape index (κ1) is 12.8. The van der Waals surface area contributed by atoms with Crippen LogP contribution in [-0.4, -0.2) is 4.98 Å². The van der Waals surface area contributed by atoms with Gasteiger partial charge in [-0.2, -0.15) is 0 Å². The highest BCUT2D eigenvalue weighted by atomic mass is 35.5. The van der Waals surface area contributed by atoms with Crippen molar-refractivity contribution in [1.29, 1.82) is 0 Å². The van der Waals surface area contributed by atoms with E-state index in [4.69, 9.17) is 23.2 Å². The fourth-order valence-corrected chi connectivity index (χ4v) is 2.06. The molecule has 18 heavy (non-hydrogen) atoms. The molecule has 1 atom stereocenters. The number of aromatic nitrogens is 1. The SMILES string of the molecule is NNC(Cc1ccccc1Cl)c1cnccc1N. The minimum Gasteiger partial charge on any atom is -0.398 e. The Morgan fingerprint density at radius 1 is 1.28 bits per heavy atom. The summed E-state index contributed by atoms with van der Waals surface area (Å²) in [5, 5.41) is 0.722. The van der Waals surface area contributed by atoms with E-state index < -0.39 is 0 Å². The van der Waals surface area contributed by atoms with Crippen LogP contribution < -0.4 is 17.0 Å². The van der Waals surface area contributed by atoms with Crippen LogP contribution in [0.3, 0.4) is 0 Å². The predicted molar refractivity (Wildman–Crippen MR) is 73.9 cm³/mol. The zero-order valence-electron chi connectivity index (χ0n) is 9.81. The summed E-state index contributed by atoms with van der Waals surface area (Å²) in [5.74, 6) is 5.60. The number of nitrogens with two attached hydrogens (primary N) is 2. The average molecular weight is 263 g/mol. The number of hydrazine groups is 1. The Balaban J connectivity index is 2.26. The summed E-state index contributed by atoms with van der Waals surface area (Å²) < 4.78 is 0. The summed E-state index contributed by atoms with van der Waals surface area (Å²) in [5.41, 5.74) is 11.2. The molecular weight excluding hydrogens is 248 g/mol. The summed E-state index contributed by atoms with van der Waals surface area (Å²) in [4.78, 5) is 4.07. The van der Waals surface area contributed by atoms with Gasteiger partial charge in [0.1, 0.15) is 0 Å². The second-order valence-corrected chi connectivity index (χ2v) is 4.43. The number of anilines is 1. The van der Waals surface area contributed by atoms with Gasteiger partial charge in [0.05, 0.1) is 6.04 Å². The molecule has 0 bridgehead atoms. The molecule has 0 aliphatic rings. The zero-order valence-corrected chi connectivity index (χ0v) is 10.6. The molecule has 2 aromatic rings. The molecule has 94 valence electrons. The Morgan fingerprint density at radius 2 is 2.06 bits per heavy atom. The van der Waals surface area contributed by atoms with Gasteiger partial charge in [0.25, 0.3) is 0 Å². The molecule has 1 unspecified atom stereocenters. The first-order valence-electron chi connectivity index (χ1n) is 5.61. The third-order valence-corrected chi connectivity index (χ3v) is 3.21. The second kappa shape index (κ2) is 5.82. The molecule has 0 amide bonds. The minimum absolute atomic E-state index is 0.112. The van der Waals surface area contributed by atoms with Crippen LogP contribution in [0.4, 0.5) is 5.69 Å². The topological polar surface area (TPSA) is 77.0 Å². The van der Waals surface area contributed by atoms with E-state index in [1.807, 2.05) is 24.3 Å². The molecular formula is C13H15ClN4. The van der Waals surface area contributed by atoms with Gasteiger partial charge in [-0.15, -0.1) is 0 Å². The maximum absolute atomic E-state index is 6.14. The van der Waals surface area contributed by atoms with E-state index in [1.54, 1.807) is 18.5 Å². The van der Waals surface area contributed by atoms with Crippen LogP contribution in [0.15, 0.2) is 42.7 Å². The van der Waals surface area contributed by atoms with Crippen molar-refractivity contribution in [3.05, 3.63) is 58.9 Å². The standard InChI is InChI=1S/C13H15ClN4/c14-11-4-2-1-3-9(11)7-13(18-16)10-8-17-6-5-12(10)15/h1-6,8,13,18H,7,16H2,(H2,15,17). The number of rotatable bonds is 4. The van der Waals surface area contributed by atoms with Crippen LogP contribution in [0.25, 0.3) is 0 Å². The van der Waals surface area contributed by atoms with Crippen molar-refractivity contribution in [2.75, 3.05) is 5.73 Å². The smallest absolute Gasteiger partial charge is 0.0536 e. The number of nitrogens with zero attached hydrogens (tertiary/aromatic N) is 1. The van der Waals surface area contributed by atoms with Crippen LogP contribution in [0.1, 0.15) is 17.2 Å². The lowest BCUT2D eigenvalue weighted by molar-refractivity contribution is 0.552. The fourth-order valence-electron chi connectivity index (χ4n) is 1.85. The Bertz CT molecular complexity index is 530. The van der Waals surface area contributed by atoms with Gasteiger partial charge in [0.2, 0.25) is 0 Å². The number of benzene rings is 1. The van der Waals surface area contributed by atoms with E-state index in [1.165, 1.54) is 0 Å². The van der Waals surface area contributed by atoms with Crippen molar-refractivity contribution in [3.8, 4) is 0 Å². The molecule has 1 aromatic heterocycles. The number of nitrogens with one attached hydrogen (secondary N) is 1. The Morgan fingerprint density at radius 3 is 2.72 bits per heavy atom. The van der Waals surface area contributed by atoms with Gasteiger partial charge in [-0.3, -0.25) is 16.3 Å². The van der Waals surface area contributed by atoms with E-state index >= 15 is 0 Å². The van der Waals surface area contributed by atoms with Crippen LogP contribution >= 0.6 is 11.6 Å². The Hall–Kier alpha value is -1.62. The molecule has 4 nitrogen and oxygen atoms in total. The summed E-state index contributed by atoms with van der Waals surface area (Å²) >= 11 is 6.14. The molecule has 0 saturated heterocycles. The molecule has 2 rings (SSSR count). The van der Waals surface area contributed by atoms with Crippen molar-refractivity contribution >= 4 is 17.3 Å². The van der Waals surface area contributed by atoms with Crippen molar-refractivity contribution < 1.29 is 0 Å². The summed E-state index contributed by atoms with van der Waals surface area (Å²) in [6, 6.07) is 9.32. The maximum atomic E-state index is 6.14. The van der Waals surface area contributed by atoms with Gasteiger partial charge >= 0.3 is 0 Å². The number of nitrogen functional groups attached to an aromatic ring is 1. The number of pyridine rings is 1. The predicted octanol–water partition coefficient (Wildman–Crippen LogP) is 2.06. The number of hydrogen-bond acceptors (Lipinski definition) is 4. The van der Waals surface area contributed by atoms with Gasteiger partial charge in [-0.1, -0.05) is 29.8 Å². The molecule has 0 aliphatic carbocycles. The average Bonchev–Trinajstić information content (AvgIpc) is 2.39. The molecule has 1 heterocycles. The first-order chi connectivity index (χ1) is 8.72. The molecule has 5 heteroatoms. The highest BCUT2D eigenvalue weighted by Gasteiger charge is 2.14. The third kappa shape index (κ3) is 2.79. The summed E-state index contributed by atoms with van der Waals surface area (Å²) in [7, 11) is 0. The fraction of sp³-hybridized carbons (Fsp3) is 0.154. The van der Waals surface area contributed by atoms with E-state index in [0.717, 1.165) is 16.1 Å². The van der Waals surface area contributed by atoms with Gasteiger partial charge in [0.15, 0.2) is 0 Å².